The monoisotopic (exact) mass is 741 g/mol. The van der Waals surface area contributed by atoms with E-state index in [0.717, 1.165) is 83.8 Å². The smallest absolute Gasteiger partial charge is 0.160 e. The zero-order valence-corrected chi connectivity index (χ0v) is 31.4. The highest BCUT2D eigenvalue weighted by atomic mass is 15.1. The van der Waals surface area contributed by atoms with Gasteiger partial charge in [0.1, 0.15) is 0 Å². The van der Waals surface area contributed by atoms with Gasteiger partial charge in [0, 0.05) is 50.2 Å². The Bertz CT molecular complexity index is 3020. The lowest BCUT2D eigenvalue weighted by Gasteiger charge is -2.25. The molecule has 10 rings (SSSR count). The Kier molecular flexibility index (Phi) is 8.83. The van der Waals surface area contributed by atoms with Crippen molar-refractivity contribution in [3.8, 4) is 56.8 Å². The molecule has 0 aliphatic rings. The minimum atomic E-state index is 0.599. The normalized spacial score (nSPS) is 11.1. The minimum absolute atomic E-state index is 0.599. The van der Waals surface area contributed by atoms with Gasteiger partial charge in [-0.2, -0.15) is 5.26 Å². The Hall–Kier alpha value is -8.07. The number of rotatable bonds is 8. The maximum Gasteiger partial charge on any atom is 0.160 e. The summed E-state index contributed by atoms with van der Waals surface area (Å²) in [7, 11) is 0. The van der Waals surface area contributed by atoms with E-state index in [0.29, 0.717) is 11.4 Å². The van der Waals surface area contributed by atoms with Gasteiger partial charge in [-0.05, 0) is 90.0 Å². The Morgan fingerprint density at radius 2 is 0.948 bits per heavy atom. The third kappa shape index (κ3) is 6.35. The molecule has 2 heterocycles. The van der Waals surface area contributed by atoms with Gasteiger partial charge in [0.2, 0.25) is 0 Å². The number of hydrogen-bond acceptors (Lipinski definition) is 4. The molecule has 0 unspecified atom stereocenters. The third-order valence-corrected chi connectivity index (χ3v) is 10.6. The van der Waals surface area contributed by atoms with Gasteiger partial charge >= 0.3 is 0 Å². The second-order valence-electron chi connectivity index (χ2n) is 14.2. The molecule has 0 amide bonds. The number of nitriles is 1. The second-order valence-corrected chi connectivity index (χ2v) is 14.2. The lowest BCUT2D eigenvalue weighted by atomic mass is 9.97. The predicted octanol–water partition coefficient (Wildman–Crippen LogP) is 13.6. The summed E-state index contributed by atoms with van der Waals surface area (Å²) >= 11 is 0. The van der Waals surface area contributed by atoms with Gasteiger partial charge in [-0.3, -0.25) is 0 Å². The SMILES string of the molecule is N#Cc1ccccc1-c1cc(-c2nc(-c3ccccc3)cc(-c3ccccc3)n2)cc(-n2c3ccccc3c3cc(N(c4ccccc4)c4ccccc4)ccc32)c1. The molecule has 10 aromatic rings. The largest absolute Gasteiger partial charge is 0.310 e. The van der Waals surface area contributed by atoms with Crippen molar-refractivity contribution in [1.82, 2.24) is 14.5 Å². The van der Waals surface area contributed by atoms with E-state index in [1.807, 2.05) is 72.8 Å². The van der Waals surface area contributed by atoms with Crippen LogP contribution in [-0.4, -0.2) is 14.5 Å². The van der Waals surface area contributed by atoms with Gasteiger partial charge in [-0.1, -0.05) is 133 Å². The summed E-state index contributed by atoms with van der Waals surface area (Å²) in [6, 6.07) is 75.5. The van der Waals surface area contributed by atoms with E-state index >= 15 is 0 Å². The van der Waals surface area contributed by atoms with Crippen LogP contribution < -0.4 is 4.90 Å². The standard InChI is InChI=1S/C53H35N5/c54-36-39-21-13-14-26-46(39)40-31-41(53-55-49(37-17-5-1-6-18-37)35-50(56-53)38-19-7-2-8-20-38)33-45(32-40)58-51-28-16-15-27-47(51)48-34-44(29-30-52(48)58)57(42-22-9-3-10-23-42)43-24-11-4-12-25-43/h1-35H. The van der Waals surface area contributed by atoms with E-state index in [2.05, 4.69) is 155 Å². The average molecular weight is 742 g/mol. The van der Waals surface area contributed by atoms with E-state index in [1.54, 1.807) is 0 Å². The summed E-state index contributed by atoms with van der Waals surface area (Å²) < 4.78 is 2.32. The van der Waals surface area contributed by atoms with Gasteiger partial charge < -0.3 is 9.47 Å². The van der Waals surface area contributed by atoms with Crippen molar-refractivity contribution < 1.29 is 0 Å². The maximum atomic E-state index is 10.3. The minimum Gasteiger partial charge on any atom is -0.310 e. The third-order valence-electron chi connectivity index (χ3n) is 10.6. The highest BCUT2D eigenvalue weighted by Gasteiger charge is 2.20. The van der Waals surface area contributed by atoms with E-state index in [9.17, 15) is 5.26 Å². The Morgan fingerprint density at radius 3 is 1.59 bits per heavy atom. The number of nitrogens with zero attached hydrogens (tertiary/aromatic N) is 5. The molecule has 5 nitrogen and oxygen atoms in total. The lowest BCUT2D eigenvalue weighted by Crippen LogP contribution is -2.09. The van der Waals surface area contributed by atoms with E-state index in [4.69, 9.17) is 9.97 Å². The van der Waals surface area contributed by atoms with E-state index in [1.165, 1.54) is 0 Å². The molecular formula is C53H35N5. The van der Waals surface area contributed by atoms with Crippen LogP contribution in [0.3, 0.4) is 0 Å². The maximum absolute atomic E-state index is 10.3. The summed E-state index contributed by atoms with van der Waals surface area (Å²) in [6.07, 6.45) is 0. The van der Waals surface area contributed by atoms with Gasteiger partial charge in [-0.25, -0.2) is 9.97 Å². The van der Waals surface area contributed by atoms with Crippen molar-refractivity contribution in [3.63, 3.8) is 0 Å². The zero-order valence-electron chi connectivity index (χ0n) is 31.4. The number of para-hydroxylation sites is 3. The zero-order chi connectivity index (χ0) is 38.8. The van der Waals surface area contributed by atoms with Crippen molar-refractivity contribution in [1.29, 1.82) is 5.26 Å². The molecule has 0 aliphatic carbocycles. The first-order valence-electron chi connectivity index (χ1n) is 19.3. The summed E-state index contributed by atoms with van der Waals surface area (Å²) in [6.45, 7) is 0. The van der Waals surface area contributed by atoms with Gasteiger partial charge in [0.05, 0.1) is 34.1 Å². The molecule has 58 heavy (non-hydrogen) atoms. The number of anilines is 3. The van der Waals surface area contributed by atoms with Crippen molar-refractivity contribution in [2.75, 3.05) is 4.90 Å². The Balaban J connectivity index is 1.22. The van der Waals surface area contributed by atoms with Gasteiger partial charge in [0.15, 0.2) is 5.82 Å². The average Bonchev–Trinajstić information content (AvgIpc) is 3.64. The first-order valence-corrected chi connectivity index (χ1v) is 19.3. The molecule has 0 aliphatic heterocycles. The molecule has 0 atom stereocenters. The molecular weight excluding hydrogens is 707 g/mol. The Labute approximate surface area is 337 Å². The van der Waals surface area contributed by atoms with Gasteiger partial charge in [0.25, 0.3) is 0 Å². The molecule has 0 spiro atoms. The number of hydrogen-bond donors (Lipinski definition) is 0. The first kappa shape index (κ1) is 34.4. The molecule has 0 bridgehead atoms. The molecule has 0 saturated carbocycles. The first-order chi connectivity index (χ1) is 28.7. The molecule has 0 N–H and O–H groups in total. The molecule has 8 aromatic carbocycles. The molecule has 272 valence electrons. The molecule has 5 heteroatoms. The van der Waals surface area contributed by atoms with Crippen LogP contribution in [0.15, 0.2) is 212 Å². The summed E-state index contributed by atoms with van der Waals surface area (Å²) in [5, 5.41) is 12.5. The highest BCUT2D eigenvalue weighted by Crippen LogP contribution is 2.41. The quantitative estimate of drug-likeness (QED) is 0.156. The van der Waals surface area contributed by atoms with Crippen LogP contribution in [0.1, 0.15) is 5.56 Å². The van der Waals surface area contributed by atoms with Crippen LogP contribution in [0.5, 0.6) is 0 Å². The van der Waals surface area contributed by atoms with Crippen molar-refractivity contribution in [2.24, 2.45) is 0 Å². The Morgan fingerprint density at radius 1 is 0.414 bits per heavy atom. The summed E-state index contributed by atoms with van der Waals surface area (Å²) in [4.78, 5) is 12.7. The van der Waals surface area contributed by atoms with Crippen LogP contribution in [0.4, 0.5) is 17.1 Å². The van der Waals surface area contributed by atoms with E-state index < -0.39 is 0 Å². The van der Waals surface area contributed by atoms with Crippen LogP contribution in [0.2, 0.25) is 0 Å². The lowest BCUT2D eigenvalue weighted by molar-refractivity contribution is 1.16. The van der Waals surface area contributed by atoms with Crippen LogP contribution in [0, 0.1) is 11.3 Å². The number of benzene rings is 8. The van der Waals surface area contributed by atoms with Crippen molar-refractivity contribution >= 4 is 38.9 Å². The fourth-order valence-electron chi connectivity index (χ4n) is 7.93. The van der Waals surface area contributed by atoms with Crippen LogP contribution in [-0.2, 0) is 0 Å². The highest BCUT2D eigenvalue weighted by molar-refractivity contribution is 6.11. The summed E-state index contributed by atoms with van der Waals surface area (Å²) in [5.41, 5.74) is 13.2. The molecule has 0 saturated heterocycles. The summed E-state index contributed by atoms with van der Waals surface area (Å²) in [5.74, 6) is 0.599. The van der Waals surface area contributed by atoms with E-state index in [-0.39, 0.29) is 0 Å². The van der Waals surface area contributed by atoms with Crippen molar-refractivity contribution in [2.45, 2.75) is 0 Å². The van der Waals surface area contributed by atoms with Crippen LogP contribution in [0.25, 0.3) is 72.5 Å². The molecule has 0 radical (unpaired) electrons. The predicted molar refractivity (Wildman–Crippen MR) is 238 cm³/mol. The van der Waals surface area contributed by atoms with Gasteiger partial charge in [-0.15, -0.1) is 0 Å². The van der Waals surface area contributed by atoms with Crippen LogP contribution >= 0.6 is 0 Å². The molecule has 0 fully saturated rings. The number of fused-ring (bicyclic) bond motifs is 3. The topological polar surface area (TPSA) is 57.7 Å². The number of aromatic nitrogens is 3. The fourth-order valence-corrected chi connectivity index (χ4v) is 7.93. The second kappa shape index (κ2) is 14.9. The fraction of sp³-hybridized carbons (Fsp3) is 0. The van der Waals surface area contributed by atoms with Crippen molar-refractivity contribution in [3.05, 3.63) is 218 Å². The molecule has 2 aromatic heterocycles.